The van der Waals surface area contributed by atoms with Gasteiger partial charge >= 0.3 is 0 Å². The van der Waals surface area contributed by atoms with Crippen molar-refractivity contribution in [3.8, 4) is 0 Å². The van der Waals surface area contributed by atoms with Crippen LogP contribution in [0.4, 0.5) is 10.3 Å². The Morgan fingerprint density at radius 3 is 3.22 bits per heavy atom. The molecule has 1 atom stereocenters. The van der Waals surface area contributed by atoms with Gasteiger partial charge in [0.25, 0.3) is 0 Å². The monoisotopic (exact) mass is 249 g/mol. The Kier molecular flexibility index (Phi) is 3.10. The summed E-state index contributed by atoms with van der Waals surface area (Å²) in [5.74, 6) is 0.237. The molecule has 1 aliphatic rings. The first kappa shape index (κ1) is 11.4. The first-order valence-electron chi connectivity index (χ1n) is 6.30. The number of anilines is 1. The van der Waals surface area contributed by atoms with Crippen LogP contribution in [0.5, 0.6) is 0 Å². The Morgan fingerprint density at radius 1 is 1.44 bits per heavy atom. The van der Waals surface area contributed by atoms with E-state index in [-0.39, 0.29) is 5.82 Å². The van der Waals surface area contributed by atoms with Crippen LogP contribution in [0.15, 0.2) is 18.3 Å². The van der Waals surface area contributed by atoms with E-state index in [1.807, 2.05) is 0 Å². The van der Waals surface area contributed by atoms with E-state index in [4.69, 9.17) is 0 Å². The standard InChI is InChI=1S/C12H16FN5/c13-9-4-5-11-16-12(17-18(11)8-9)15-7-10-3-1-2-6-14-10/h4-5,8,10,14H,1-3,6-7H2,(H,15,17). The van der Waals surface area contributed by atoms with Crippen LogP contribution in [0.3, 0.4) is 0 Å². The number of nitrogens with one attached hydrogen (secondary N) is 2. The van der Waals surface area contributed by atoms with Crippen molar-refractivity contribution in [3.63, 3.8) is 0 Å². The molecule has 0 radical (unpaired) electrons. The summed E-state index contributed by atoms with van der Waals surface area (Å²) in [6.07, 6.45) is 5.02. The van der Waals surface area contributed by atoms with Gasteiger partial charge in [0.1, 0.15) is 5.82 Å². The van der Waals surface area contributed by atoms with Gasteiger partial charge in [-0.1, -0.05) is 6.42 Å². The quantitative estimate of drug-likeness (QED) is 0.864. The fourth-order valence-electron chi connectivity index (χ4n) is 2.25. The highest BCUT2D eigenvalue weighted by Crippen LogP contribution is 2.09. The van der Waals surface area contributed by atoms with E-state index >= 15 is 0 Å². The van der Waals surface area contributed by atoms with Gasteiger partial charge in [-0.3, -0.25) is 0 Å². The number of aromatic nitrogens is 3. The van der Waals surface area contributed by atoms with E-state index in [1.165, 1.54) is 36.0 Å². The molecule has 3 rings (SSSR count). The summed E-state index contributed by atoms with van der Waals surface area (Å²) in [4.78, 5) is 4.28. The van der Waals surface area contributed by atoms with Gasteiger partial charge in [-0.2, -0.15) is 4.98 Å². The molecule has 1 saturated heterocycles. The molecule has 0 aromatic carbocycles. The predicted molar refractivity (Wildman–Crippen MR) is 67.1 cm³/mol. The maximum Gasteiger partial charge on any atom is 0.243 e. The lowest BCUT2D eigenvalue weighted by Crippen LogP contribution is -2.39. The predicted octanol–water partition coefficient (Wildman–Crippen LogP) is 1.42. The van der Waals surface area contributed by atoms with Crippen LogP contribution < -0.4 is 10.6 Å². The summed E-state index contributed by atoms with van der Waals surface area (Å²) >= 11 is 0. The summed E-state index contributed by atoms with van der Waals surface area (Å²) in [7, 11) is 0. The van der Waals surface area contributed by atoms with Crippen molar-refractivity contribution < 1.29 is 4.39 Å². The van der Waals surface area contributed by atoms with E-state index in [1.54, 1.807) is 6.07 Å². The van der Waals surface area contributed by atoms with Crippen LogP contribution in [0, 0.1) is 5.82 Å². The molecular weight excluding hydrogens is 233 g/mol. The van der Waals surface area contributed by atoms with Crippen LogP contribution in [0.25, 0.3) is 5.65 Å². The number of fused-ring (bicyclic) bond motifs is 1. The highest BCUT2D eigenvalue weighted by atomic mass is 19.1. The van der Waals surface area contributed by atoms with Crippen molar-refractivity contribution in [2.24, 2.45) is 0 Å². The Hall–Kier alpha value is -1.69. The molecule has 0 aliphatic carbocycles. The summed E-state index contributed by atoms with van der Waals surface area (Å²) in [6.45, 7) is 1.88. The molecule has 0 saturated carbocycles. The minimum atomic E-state index is -0.312. The molecule has 0 bridgehead atoms. The third-order valence-corrected chi connectivity index (χ3v) is 3.21. The van der Waals surface area contributed by atoms with Crippen LogP contribution >= 0.6 is 0 Å². The van der Waals surface area contributed by atoms with Gasteiger partial charge in [-0.05, 0) is 31.5 Å². The molecule has 2 aromatic rings. The molecule has 3 heterocycles. The van der Waals surface area contributed by atoms with Crippen molar-refractivity contribution in [2.75, 3.05) is 18.4 Å². The molecule has 1 fully saturated rings. The van der Waals surface area contributed by atoms with Crippen molar-refractivity contribution in [1.29, 1.82) is 0 Å². The number of nitrogens with zero attached hydrogens (tertiary/aromatic N) is 3. The van der Waals surface area contributed by atoms with Crippen LogP contribution in [0.1, 0.15) is 19.3 Å². The molecule has 18 heavy (non-hydrogen) atoms. The molecule has 5 nitrogen and oxygen atoms in total. The summed E-state index contributed by atoms with van der Waals surface area (Å²) in [5, 5.41) is 10.8. The number of piperidine rings is 1. The average Bonchev–Trinajstić information content (AvgIpc) is 2.79. The zero-order valence-corrected chi connectivity index (χ0v) is 10.1. The number of pyridine rings is 1. The lowest BCUT2D eigenvalue weighted by molar-refractivity contribution is 0.413. The van der Waals surface area contributed by atoms with Crippen LogP contribution in [0.2, 0.25) is 0 Å². The van der Waals surface area contributed by atoms with E-state index < -0.39 is 0 Å². The Balaban J connectivity index is 1.67. The molecule has 1 unspecified atom stereocenters. The first-order valence-corrected chi connectivity index (χ1v) is 6.30. The van der Waals surface area contributed by atoms with Crippen molar-refractivity contribution in [2.45, 2.75) is 25.3 Å². The topological polar surface area (TPSA) is 54.2 Å². The maximum atomic E-state index is 13.0. The van der Waals surface area contributed by atoms with Gasteiger partial charge < -0.3 is 10.6 Å². The number of hydrogen-bond donors (Lipinski definition) is 2. The molecular formula is C12H16FN5. The van der Waals surface area contributed by atoms with E-state index in [0.717, 1.165) is 13.1 Å². The van der Waals surface area contributed by atoms with Gasteiger partial charge in [0, 0.05) is 12.6 Å². The lowest BCUT2D eigenvalue weighted by atomic mass is 10.1. The van der Waals surface area contributed by atoms with Crippen LogP contribution in [-0.4, -0.2) is 33.7 Å². The summed E-state index contributed by atoms with van der Waals surface area (Å²) in [5.41, 5.74) is 0.649. The largest absolute Gasteiger partial charge is 0.351 e. The number of halogens is 1. The zero-order chi connectivity index (χ0) is 12.4. The lowest BCUT2D eigenvalue weighted by Gasteiger charge is -2.23. The zero-order valence-electron chi connectivity index (χ0n) is 10.1. The molecule has 2 N–H and O–H groups in total. The Bertz CT molecular complexity index is 532. The fraction of sp³-hybridized carbons (Fsp3) is 0.500. The SMILES string of the molecule is Fc1ccc2nc(NCC3CCCCN3)nn2c1. The number of rotatable bonds is 3. The fourth-order valence-corrected chi connectivity index (χ4v) is 2.25. The first-order chi connectivity index (χ1) is 8.81. The van der Waals surface area contributed by atoms with Crippen LogP contribution in [-0.2, 0) is 0 Å². The molecule has 0 amide bonds. The second-order valence-electron chi connectivity index (χ2n) is 4.61. The van der Waals surface area contributed by atoms with Crippen molar-refractivity contribution in [3.05, 3.63) is 24.1 Å². The maximum absolute atomic E-state index is 13.0. The molecule has 0 spiro atoms. The van der Waals surface area contributed by atoms with Crippen molar-refractivity contribution in [1.82, 2.24) is 19.9 Å². The third kappa shape index (κ3) is 2.43. The highest BCUT2D eigenvalue weighted by molar-refractivity contribution is 5.43. The molecule has 1 aliphatic heterocycles. The van der Waals surface area contributed by atoms with Gasteiger partial charge in [-0.15, -0.1) is 5.10 Å². The normalized spacial score (nSPS) is 20.2. The van der Waals surface area contributed by atoms with Gasteiger partial charge in [0.2, 0.25) is 5.95 Å². The molecule has 96 valence electrons. The summed E-state index contributed by atoms with van der Waals surface area (Å²) in [6, 6.07) is 3.48. The van der Waals surface area contributed by atoms with Gasteiger partial charge in [0.05, 0.1) is 6.20 Å². The third-order valence-electron chi connectivity index (χ3n) is 3.21. The van der Waals surface area contributed by atoms with Gasteiger partial charge in [0.15, 0.2) is 5.65 Å². The summed E-state index contributed by atoms with van der Waals surface area (Å²) < 4.78 is 14.5. The van der Waals surface area contributed by atoms with E-state index in [9.17, 15) is 4.39 Å². The second-order valence-corrected chi connectivity index (χ2v) is 4.61. The Labute approximate surface area is 104 Å². The molecule has 2 aromatic heterocycles. The number of hydrogen-bond acceptors (Lipinski definition) is 4. The minimum absolute atomic E-state index is 0.312. The highest BCUT2D eigenvalue weighted by Gasteiger charge is 2.13. The second kappa shape index (κ2) is 4.89. The van der Waals surface area contributed by atoms with E-state index in [0.29, 0.717) is 17.6 Å². The van der Waals surface area contributed by atoms with E-state index in [2.05, 4.69) is 20.7 Å². The smallest absolute Gasteiger partial charge is 0.243 e. The van der Waals surface area contributed by atoms with Crippen molar-refractivity contribution >= 4 is 11.6 Å². The van der Waals surface area contributed by atoms with Gasteiger partial charge in [-0.25, -0.2) is 8.91 Å². The average molecular weight is 249 g/mol. The Morgan fingerprint density at radius 2 is 2.39 bits per heavy atom. The minimum Gasteiger partial charge on any atom is -0.351 e. The molecule has 6 heteroatoms.